The highest BCUT2D eigenvalue weighted by Crippen LogP contribution is 1.90. The number of carbonyl (C=O) groups excluding carboxylic acids is 1. The Balaban J connectivity index is 4.02. The monoisotopic (exact) mass is 142 g/mol. The highest BCUT2D eigenvalue weighted by molar-refractivity contribution is 5.91. The topological polar surface area (TPSA) is 93.2 Å². The van der Waals surface area contributed by atoms with Crippen molar-refractivity contribution in [2.24, 2.45) is 0 Å². The van der Waals surface area contributed by atoms with E-state index in [-0.39, 0.29) is 0 Å². The Morgan fingerprint density at radius 2 is 2.30 bits per heavy atom. The van der Waals surface area contributed by atoms with Crippen LogP contribution in [0.4, 0.5) is 0 Å². The maximum absolute atomic E-state index is 10.2. The van der Waals surface area contributed by atoms with Gasteiger partial charge in [0.25, 0.3) is 0 Å². The first-order chi connectivity index (χ1) is 4.57. The number of nitriles is 1. The average molecular weight is 142 g/mol. The summed E-state index contributed by atoms with van der Waals surface area (Å²) in [4.78, 5) is 23.0. The molecule has 0 aromatic heterocycles. The molecule has 0 N–H and O–H groups in total. The standard InChI is InChI=1S/C4H2N2O4/c1-3(2-5)4(7)10-6(8)9/h1H2. The Morgan fingerprint density at radius 1 is 1.80 bits per heavy atom. The van der Waals surface area contributed by atoms with Crippen molar-refractivity contribution in [1.29, 1.82) is 5.26 Å². The van der Waals surface area contributed by atoms with E-state index in [1.54, 1.807) is 0 Å². The fraction of sp³-hybridized carbons (Fsp3) is 0. The van der Waals surface area contributed by atoms with Crippen LogP contribution in [0.15, 0.2) is 12.2 Å². The Bertz CT molecular complexity index is 226. The molecular formula is C4H2N2O4. The van der Waals surface area contributed by atoms with E-state index in [4.69, 9.17) is 5.26 Å². The van der Waals surface area contributed by atoms with Crippen LogP contribution in [0, 0.1) is 21.4 Å². The van der Waals surface area contributed by atoms with Crippen molar-refractivity contribution in [2.75, 3.05) is 0 Å². The lowest BCUT2D eigenvalue weighted by Crippen LogP contribution is -2.10. The average Bonchev–Trinajstić information content (AvgIpc) is 1.85. The van der Waals surface area contributed by atoms with E-state index in [1.165, 1.54) is 6.07 Å². The molecule has 0 fully saturated rings. The van der Waals surface area contributed by atoms with Crippen molar-refractivity contribution in [3.8, 4) is 6.07 Å². The predicted octanol–water partition coefficient (Wildman–Crippen LogP) is -0.199. The zero-order valence-corrected chi connectivity index (χ0v) is 4.73. The molecule has 52 valence electrons. The molecule has 0 amide bonds. The minimum absolute atomic E-state index is 0.600. The third kappa shape index (κ3) is 2.42. The van der Waals surface area contributed by atoms with Gasteiger partial charge in [-0.25, -0.2) is 4.84 Å². The Labute approximate surface area is 55.4 Å². The summed E-state index contributed by atoms with van der Waals surface area (Å²) in [7, 11) is 0. The van der Waals surface area contributed by atoms with Crippen LogP contribution in [0.25, 0.3) is 0 Å². The van der Waals surface area contributed by atoms with Gasteiger partial charge in [0.2, 0.25) is 0 Å². The lowest BCUT2D eigenvalue weighted by molar-refractivity contribution is -0.728. The van der Waals surface area contributed by atoms with Crippen LogP contribution in [-0.2, 0) is 9.63 Å². The van der Waals surface area contributed by atoms with Crippen molar-refractivity contribution in [3.63, 3.8) is 0 Å². The fourth-order valence-corrected chi connectivity index (χ4v) is 0.168. The second-order valence-corrected chi connectivity index (χ2v) is 1.19. The molecule has 0 saturated heterocycles. The molecule has 6 heteroatoms. The number of rotatable bonds is 2. The van der Waals surface area contributed by atoms with Crippen molar-refractivity contribution in [1.82, 2.24) is 0 Å². The lowest BCUT2D eigenvalue weighted by Gasteiger charge is -1.89. The van der Waals surface area contributed by atoms with Crippen LogP contribution in [0.2, 0.25) is 0 Å². The minimum atomic E-state index is -1.34. The molecule has 0 aliphatic heterocycles. The minimum Gasteiger partial charge on any atom is -0.262 e. The van der Waals surface area contributed by atoms with E-state index in [0.717, 1.165) is 0 Å². The molecule has 0 heterocycles. The van der Waals surface area contributed by atoms with Gasteiger partial charge in [-0.1, -0.05) is 6.58 Å². The van der Waals surface area contributed by atoms with E-state index in [9.17, 15) is 14.9 Å². The fourth-order valence-electron chi connectivity index (χ4n) is 0.168. The summed E-state index contributed by atoms with van der Waals surface area (Å²) in [6.07, 6.45) is 0. The van der Waals surface area contributed by atoms with E-state index in [2.05, 4.69) is 11.4 Å². The summed E-state index contributed by atoms with van der Waals surface area (Å²) < 4.78 is 0. The highest BCUT2D eigenvalue weighted by Gasteiger charge is 2.10. The smallest absolute Gasteiger partial charge is 0.262 e. The van der Waals surface area contributed by atoms with Gasteiger partial charge in [-0.05, 0) is 0 Å². The molecule has 0 aromatic carbocycles. The summed E-state index contributed by atoms with van der Waals surface area (Å²) in [5, 5.41) is 16.1. The third-order valence-electron chi connectivity index (χ3n) is 0.539. The third-order valence-corrected chi connectivity index (χ3v) is 0.539. The van der Waals surface area contributed by atoms with Crippen LogP contribution in [0.3, 0.4) is 0 Å². The Kier molecular flexibility index (Phi) is 2.58. The molecule has 0 aliphatic carbocycles. The molecule has 0 spiro atoms. The van der Waals surface area contributed by atoms with Crippen LogP contribution < -0.4 is 0 Å². The predicted molar refractivity (Wildman–Crippen MR) is 27.8 cm³/mol. The molecule has 0 saturated carbocycles. The van der Waals surface area contributed by atoms with Crippen LogP contribution >= 0.6 is 0 Å². The Morgan fingerprint density at radius 3 is 2.60 bits per heavy atom. The van der Waals surface area contributed by atoms with Crippen molar-refractivity contribution in [2.45, 2.75) is 0 Å². The molecule has 0 atom stereocenters. The normalized spacial score (nSPS) is 7.50. The van der Waals surface area contributed by atoms with Gasteiger partial charge in [0.05, 0.1) is 0 Å². The molecule has 0 aromatic rings. The molecule has 0 aliphatic rings. The first-order valence-corrected chi connectivity index (χ1v) is 2.03. The van der Waals surface area contributed by atoms with Crippen molar-refractivity contribution < 1.29 is 14.7 Å². The maximum Gasteiger partial charge on any atom is 0.344 e. The lowest BCUT2D eigenvalue weighted by atomic mass is 10.4. The zero-order valence-electron chi connectivity index (χ0n) is 4.73. The number of hydrogen-bond donors (Lipinski definition) is 0. The van der Waals surface area contributed by atoms with E-state index < -0.39 is 16.6 Å². The number of hydrogen-bond acceptors (Lipinski definition) is 5. The number of carbonyl (C=O) groups is 1. The molecule has 0 bridgehead atoms. The quantitative estimate of drug-likeness (QED) is 0.230. The van der Waals surface area contributed by atoms with E-state index in [1.807, 2.05) is 0 Å². The summed E-state index contributed by atoms with van der Waals surface area (Å²) in [5.41, 5.74) is -0.600. The second-order valence-electron chi connectivity index (χ2n) is 1.19. The van der Waals surface area contributed by atoms with Gasteiger partial charge in [-0.15, -0.1) is 10.1 Å². The van der Waals surface area contributed by atoms with Gasteiger partial charge in [0.15, 0.2) is 0 Å². The SMILES string of the molecule is C=C(C#N)C(=O)O[N+](=O)[O-]. The summed E-state index contributed by atoms with van der Waals surface area (Å²) in [6.45, 7) is 2.89. The first kappa shape index (κ1) is 8.10. The first-order valence-electron chi connectivity index (χ1n) is 2.03. The zero-order chi connectivity index (χ0) is 8.15. The summed E-state index contributed by atoms with van der Waals surface area (Å²) in [6, 6.07) is 1.30. The van der Waals surface area contributed by atoms with Gasteiger partial charge < -0.3 is 0 Å². The van der Waals surface area contributed by atoms with Gasteiger partial charge in [0.1, 0.15) is 11.6 Å². The van der Waals surface area contributed by atoms with Crippen molar-refractivity contribution in [3.05, 3.63) is 22.3 Å². The van der Waals surface area contributed by atoms with Crippen molar-refractivity contribution >= 4 is 5.97 Å². The summed E-state index contributed by atoms with van der Waals surface area (Å²) in [5.74, 6) is -1.34. The summed E-state index contributed by atoms with van der Waals surface area (Å²) >= 11 is 0. The molecule has 6 nitrogen and oxygen atoms in total. The molecule has 10 heavy (non-hydrogen) atoms. The number of nitrogens with zero attached hydrogens (tertiary/aromatic N) is 2. The van der Waals surface area contributed by atoms with Crippen LogP contribution in [-0.4, -0.2) is 11.1 Å². The van der Waals surface area contributed by atoms with Crippen LogP contribution in [0.5, 0.6) is 0 Å². The molecule has 0 radical (unpaired) electrons. The van der Waals surface area contributed by atoms with Gasteiger partial charge >= 0.3 is 11.1 Å². The molecule has 0 rings (SSSR count). The van der Waals surface area contributed by atoms with Gasteiger partial charge in [-0.3, -0.25) is 4.79 Å². The largest absolute Gasteiger partial charge is 0.344 e. The molecule has 0 unspecified atom stereocenters. The van der Waals surface area contributed by atoms with E-state index in [0.29, 0.717) is 0 Å². The van der Waals surface area contributed by atoms with Gasteiger partial charge in [0, 0.05) is 0 Å². The van der Waals surface area contributed by atoms with Gasteiger partial charge in [-0.2, -0.15) is 5.26 Å². The second kappa shape index (κ2) is 3.19. The van der Waals surface area contributed by atoms with Crippen LogP contribution in [0.1, 0.15) is 0 Å². The highest BCUT2D eigenvalue weighted by atomic mass is 17.0. The Hall–Kier alpha value is -1.90. The maximum atomic E-state index is 10.2. The molecular weight excluding hydrogens is 140 g/mol. The van der Waals surface area contributed by atoms with E-state index >= 15 is 0 Å².